The molecule has 8 nitrogen and oxygen atoms in total. The Kier molecular flexibility index (Phi) is 6.43. The van der Waals surface area contributed by atoms with E-state index in [0.717, 1.165) is 43.5 Å². The molecule has 0 aliphatic carbocycles. The average Bonchev–Trinajstić information content (AvgIpc) is 2.72. The lowest BCUT2D eigenvalue weighted by atomic mass is 9.99. The lowest BCUT2D eigenvalue weighted by molar-refractivity contribution is -0.110. The van der Waals surface area contributed by atoms with Crippen LogP contribution in [0.1, 0.15) is 42.0 Å². The standard InChI is InChI=1S/C21H29N7O/c1-4-14-7-8-16(13(3)12(14)2)28-21(29)18(22)17-19(23)25-11-26-20(17)27-15-6-5-9-24-10-15/h7-8,11,15,22,24H,4-6,9-10H2,1-3H3,(H,28,29)(H3,23,25,26,27). The smallest absolute Gasteiger partial charge is 0.274 e. The second kappa shape index (κ2) is 9.00. The number of hydrogen-bond donors (Lipinski definition) is 5. The van der Waals surface area contributed by atoms with Crippen molar-refractivity contribution in [3.05, 3.63) is 40.7 Å². The minimum atomic E-state index is -0.539. The van der Waals surface area contributed by atoms with Crippen molar-refractivity contribution in [1.29, 1.82) is 5.41 Å². The molecule has 1 fully saturated rings. The maximum Gasteiger partial charge on any atom is 0.274 e. The number of nitrogens with zero attached hydrogens (tertiary/aromatic N) is 2. The summed E-state index contributed by atoms with van der Waals surface area (Å²) in [5.41, 5.74) is 10.1. The summed E-state index contributed by atoms with van der Waals surface area (Å²) in [4.78, 5) is 21.1. The summed E-state index contributed by atoms with van der Waals surface area (Å²) in [7, 11) is 0. The van der Waals surface area contributed by atoms with Crippen molar-refractivity contribution in [2.24, 2.45) is 0 Å². The summed E-state index contributed by atoms with van der Waals surface area (Å²) in [6.45, 7) is 7.90. The Hall–Kier alpha value is -3.00. The zero-order valence-electron chi connectivity index (χ0n) is 17.2. The number of carbonyl (C=O) groups excluding carboxylic acids is 1. The molecule has 1 saturated heterocycles. The monoisotopic (exact) mass is 395 g/mol. The fourth-order valence-corrected chi connectivity index (χ4v) is 3.62. The van der Waals surface area contributed by atoms with E-state index in [1.165, 1.54) is 11.9 Å². The molecule has 1 aromatic carbocycles. The first-order valence-electron chi connectivity index (χ1n) is 9.99. The van der Waals surface area contributed by atoms with Crippen molar-refractivity contribution in [3.8, 4) is 0 Å². The first-order chi connectivity index (χ1) is 13.9. The van der Waals surface area contributed by atoms with Gasteiger partial charge in [-0.15, -0.1) is 0 Å². The van der Waals surface area contributed by atoms with Gasteiger partial charge in [0.1, 0.15) is 23.7 Å². The number of carbonyl (C=O) groups is 1. The summed E-state index contributed by atoms with van der Waals surface area (Å²) >= 11 is 0. The summed E-state index contributed by atoms with van der Waals surface area (Å²) < 4.78 is 0. The van der Waals surface area contributed by atoms with Gasteiger partial charge in [-0.3, -0.25) is 10.2 Å². The van der Waals surface area contributed by atoms with Gasteiger partial charge in [-0.05, 0) is 62.4 Å². The summed E-state index contributed by atoms with van der Waals surface area (Å²) in [6, 6.07) is 4.05. The number of aryl methyl sites for hydroxylation is 1. The van der Waals surface area contributed by atoms with Crippen LogP contribution in [0.25, 0.3) is 0 Å². The molecule has 0 bridgehead atoms. The molecule has 1 aliphatic rings. The number of hydrogen-bond acceptors (Lipinski definition) is 7. The Labute approximate surface area is 171 Å². The van der Waals surface area contributed by atoms with Gasteiger partial charge in [-0.2, -0.15) is 0 Å². The molecule has 2 heterocycles. The number of amides is 1. The molecule has 1 amide bonds. The predicted octanol–water partition coefficient (Wildman–Crippen LogP) is 2.41. The summed E-state index contributed by atoms with van der Waals surface area (Å²) in [5, 5.41) is 17.9. The maximum atomic E-state index is 12.8. The molecule has 8 heteroatoms. The molecule has 3 rings (SSSR count). The molecule has 1 aromatic heterocycles. The quantitative estimate of drug-likeness (QED) is 0.478. The Morgan fingerprint density at radius 1 is 1.31 bits per heavy atom. The van der Waals surface area contributed by atoms with Crippen LogP contribution >= 0.6 is 0 Å². The van der Waals surface area contributed by atoms with E-state index in [1.54, 1.807) is 0 Å². The van der Waals surface area contributed by atoms with Crippen LogP contribution in [0.4, 0.5) is 17.3 Å². The van der Waals surface area contributed by atoms with E-state index in [2.05, 4.69) is 32.8 Å². The highest BCUT2D eigenvalue weighted by molar-refractivity contribution is 6.49. The van der Waals surface area contributed by atoms with Crippen molar-refractivity contribution in [2.75, 3.05) is 29.5 Å². The van der Waals surface area contributed by atoms with Gasteiger partial charge in [0.25, 0.3) is 5.91 Å². The molecule has 6 N–H and O–H groups in total. The van der Waals surface area contributed by atoms with Gasteiger partial charge in [-0.1, -0.05) is 13.0 Å². The van der Waals surface area contributed by atoms with Crippen LogP contribution in [-0.2, 0) is 11.2 Å². The number of rotatable bonds is 6. The fraction of sp³-hybridized carbons (Fsp3) is 0.429. The van der Waals surface area contributed by atoms with E-state index in [4.69, 9.17) is 11.1 Å². The fourth-order valence-electron chi connectivity index (χ4n) is 3.62. The topological polar surface area (TPSA) is 129 Å². The predicted molar refractivity (Wildman–Crippen MR) is 117 cm³/mol. The SMILES string of the molecule is CCc1ccc(NC(=O)C(=N)c2c(N)ncnc2NC2CCCNC2)c(C)c1C. The lowest BCUT2D eigenvalue weighted by Crippen LogP contribution is -2.39. The van der Waals surface area contributed by atoms with Crippen LogP contribution in [0.5, 0.6) is 0 Å². The van der Waals surface area contributed by atoms with E-state index in [1.807, 2.05) is 26.0 Å². The Balaban J connectivity index is 1.82. The summed E-state index contributed by atoms with van der Waals surface area (Å²) in [6.07, 6.45) is 4.31. The average molecular weight is 396 g/mol. The van der Waals surface area contributed by atoms with E-state index in [9.17, 15) is 4.79 Å². The van der Waals surface area contributed by atoms with Gasteiger partial charge in [0.05, 0.1) is 5.56 Å². The maximum absolute atomic E-state index is 12.8. The van der Waals surface area contributed by atoms with Gasteiger partial charge >= 0.3 is 0 Å². The molecule has 29 heavy (non-hydrogen) atoms. The second-order valence-corrected chi connectivity index (χ2v) is 7.38. The van der Waals surface area contributed by atoms with Gasteiger partial charge < -0.3 is 21.7 Å². The van der Waals surface area contributed by atoms with Crippen molar-refractivity contribution >= 4 is 28.9 Å². The molecule has 0 saturated carbocycles. The largest absolute Gasteiger partial charge is 0.383 e. The number of nitrogens with one attached hydrogen (secondary N) is 4. The van der Waals surface area contributed by atoms with Crippen LogP contribution in [0.3, 0.4) is 0 Å². The van der Waals surface area contributed by atoms with E-state index < -0.39 is 5.91 Å². The Morgan fingerprint density at radius 2 is 2.10 bits per heavy atom. The van der Waals surface area contributed by atoms with Gasteiger partial charge in [0.2, 0.25) is 0 Å². The highest BCUT2D eigenvalue weighted by Gasteiger charge is 2.23. The molecule has 1 atom stereocenters. The van der Waals surface area contributed by atoms with Crippen LogP contribution in [0, 0.1) is 19.3 Å². The minimum absolute atomic E-state index is 0.112. The molecule has 2 aromatic rings. The highest BCUT2D eigenvalue weighted by Crippen LogP contribution is 2.24. The molecular weight excluding hydrogens is 366 g/mol. The third-order valence-electron chi connectivity index (χ3n) is 5.52. The minimum Gasteiger partial charge on any atom is -0.383 e. The third-order valence-corrected chi connectivity index (χ3v) is 5.52. The zero-order valence-corrected chi connectivity index (χ0v) is 17.2. The third kappa shape index (κ3) is 4.54. The van der Waals surface area contributed by atoms with E-state index in [0.29, 0.717) is 11.5 Å². The Morgan fingerprint density at radius 3 is 2.79 bits per heavy atom. The van der Waals surface area contributed by atoms with Crippen molar-refractivity contribution in [2.45, 2.75) is 46.1 Å². The Bertz CT molecular complexity index is 919. The first kappa shape index (κ1) is 20.7. The van der Waals surface area contributed by atoms with Crippen molar-refractivity contribution in [1.82, 2.24) is 15.3 Å². The van der Waals surface area contributed by atoms with Gasteiger partial charge in [-0.25, -0.2) is 9.97 Å². The number of piperidine rings is 1. The van der Waals surface area contributed by atoms with Crippen molar-refractivity contribution in [3.63, 3.8) is 0 Å². The van der Waals surface area contributed by atoms with Gasteiger partial charge in [0, 0.05) is 18.3 Å². The first-order valence-corrected chi connectivity index (χ1v) is 9.99. The van der Waals surface area contributed by atoms with E-state index >= 15 is 0 Å². The number of aromatic nitrogens is 2. The molecule has 0 spiro atoms. The van der Waals surface area contributed by atoms with Crippen LogP contribution in [0.15, 0.2) is 18.5 Å². The highest BCUT2D eigenvalue weighted by atomic mass is 16.1. The van der Waals surface area contributed by atoms with E-state index in [-0.39, 0.29) is 23.1 Å². The van der Waals surface area contributed by atoms with Gasteiger partial charge in [0.15, 0.2) is 0 Å². The normalized spacial score (nSPS) is 16.3. The van der Waals surface area contributed by atoms with Crippen molar-refractivity contribution < 1.29 is 4.79 Å². The zero-order chi connectivity index (χ0) is 21.0. The lowest BCUT2D eigenvalue weighted by Gasteiger charge is -2.25. The molecular formula is C21H29N7O. The number of anilines is 3. The second-order valence-electron chi connectivity index (χ2n) is 7.38. The molecule has 154 valence electrons. The van der Waals surface area contributed by atoms with Crippen LogP contribution in [0.2, 0.25) is 0 Å². The number of nitrogens with two attached hydrogens (primary N) is 1. The number of benzene rings is 1. The van der Waals surface area contributed by atoms with Crippen LogP contribution in [-0.4, -0.2) is 40.7 Å². The molecule has 0 radical (unpaired) electrons. The number of nitrogen functional groups attached to an aromatic ring is 1. The molecule has 1 unspecified atom stereocenters. The molecule has 1 aliphatic heterocycles. The van der Waals surface area contributed by atoms with Crippen LogP contribution < -0.4 is 21.7 Å². The summed E-state index contributed by atoms with van der Waals surface area (Å²) in [5.74, 6) is -0.00990.